The molecule has 1 atom stereocenters. The Hall–Kier alpha value is -1.02. The molecule has 1 aliphatic rings. The lowest BCUT2D eigenvalue weighted by Crippen LogP contribution is -2.02. The molecule has 0 aromatic carbocycles. The average Bonchev–Trinajstić information content (AvgIpc) is 2.76. The van der Waals surface area contributed by atoms with Crippen molar-refractivity contribution in [3.05, 3.63) is 34.3 Å². The van der Waals surface area contributed by atoms with Crippen molar-refractivity contribution in [3.63, 3.8) is 0 Å². The van der Waals surface area contributed by atoms with Crippen LogP contribution in [0.3, 0.4) is 0 Å². The zero-order valence-corrected chi connectivity index (χ0v) is 9.63. The molecule has 2 rings (SSSR count). The maximum absolute atomic E-state index is 10.3. The minimum Gasteiger partial charge on any atom is -0.466 e. The minimum absolute atomic E-state index is 0.454. The highest BCUT2D eigenvalue weighted by atomic mass is 16.3. The fourth-order valence-corrected chi connectivity index (χ4v) is 2.34. The molecule has 2 heteroatoms. The number of aryl methyl sites for hydroxylation is 2. The van der Waals surface area contributed by atoms with Crippen molar-refractivity contribution in [2.75, 3.05) is 0 Å². The molecule has 82 valence electrons. The van der Waals surface area contributed by atoms with Crippen LogP contribution in [0.25, 0.3) is 0 Å². The molecule has 0 amide bonds. The van der Waals surface area contributed by atoms with Gasteiger partial charge in [-0.25, -0.2) is 0 Å². The maximum Gasteiger partial charge on any atom is 0.107 e. The molecule has 0 bridgehead atoms. The topological polar surface area (TPSA) is 33.4 Å². The standard InChI is InChI=1S/C13H18O2/c1-8-9(2)15-10(3)12(8)13(14)11-6-4-5-7-11/h6,13-14H,4-5,7H2,1-3H3. The summed E-state index contributed by atoms with van der Waals surface area (Å²) in [5.74, 6) is 1.77. The molecular formula is C13H18O2. The van der Waals surface area contributed by atoms with Crippen molar-refractivity contribution in [1.82, 2.24) is 0 Å². The molecule has 2 nitrogen and oxygen atoms in total. The van der Waals surface area contributed by atoms with Gasteiger partial charge in [-0.05, 0) is 51.2 Å². The highest BCUT2D eigenvalue weighted by Crippen LogP contribution is 2.35. The fraction of sp³-hybridized carbons (Fsp3) is 0.538. The molecule has 0 radical (unpaired) electrons. The fourth-order valence-electron chi connectivity index (χ4n) is 2.34. The third-order valence-electron chi connectivity index (χ3n) is 3.32. The predicted octanol–water partition coefficient (Wildman–Crippen LogP) is 3.35. The van der Waals surface area contributed by atoms with E-state index < -0.39 is 6.10 Å². The van der Waals surface area contributed by atoms with Gasteiger partial charge in [-0.3, -0.25) is 0 Å². The lowest BCUT2D eigenvalue weighted by atomic mass is 9.98. The van der Waals surface area contributed by atoms with Gasteiger partial charge in [0.2, 0.25) is 0 Å². The third kappa shape index (κ3) is 1.74. The van der Waals surface area contributed by atoms with Gasteiger partial charge in [-0.2, -0.15) is 0 Å². The zero-order valence-electron chi connectivity index (χ0n) is 9.63. The van der Waals surface area contributed by atoms with Crippen LogP contribution in [-0.4, -0.2) is 5.11 Å². The third-order valence-corrected chi connectivity index (χ3v) is 3.32. The van der Waals surface area contributed by atoms with E-state index >= 15 is 0 Å². The summed E-state index contributed by atoms with van der Waals surface area (Å²) in [4.78, 5) is 0. The second-order valence-corrected chi connectivity index (χ2v) is 4.33. The number of aliphatic hydroxyl groups is 1. The molecular weight excluding hydrogens is 188 g/mol. The van der Waals surface area contributed by atoms with Crippen molar-refractivity contribution in [3.8, 4) is 0 Å². The Morgan fingerprint density at radius 1 is 1.27 bits per heavy atom. The number of rotatable bonds is 2. The Balaban J connectivity index is 2.36. The largest absolute Gasteiger partial charge is 0.466 e. The summed E-state index contributed by atoms with van der Waals surface area (Å²) in [6.07, 6.45) is 4.99. The summed E-state index contributed by atoms with van der Waals surface area (Å²) >= 11 is 0. The number of hydrogen-bond donors (Lipinski definition) is 1. The van der Waals surface area contributed by atoms with Crippen molar-refractivity contribution in [2.45, 2.75) is 46.1 Å². The van der Waals surface area contributed by atoms with Gasteiger partial charge < -0.3 is 9.52 Å². The normalized spacial score (nSPS) is 18.0. The van der Waals surface area contributed by atoms with Crippen LogP contribution < -0.4 is 0 Å². The summed E-state index contributed by atoms with van der Waals surface area (Å²) in [6.45, 7) is 5.88. The second-order valence-electron chi connectivity index (χ2n) is 4.33. The number of allylic oxidation sites excluding steroid dienone is 1. The first kappa shape index (κ1) is 10.5. The lowest BCUT2D eigenvalue weighted by Gasteiger charge is -2.12. The maximum atomic E-state index is 10.3. The second kappa shape index (κ2) is 3.86. The van der Waals surface area contributed by atoms with Gasteiger partial charge in [0, 0.05) is 5.56 Å². The average molecular weight is 206 g/mol. The Kier molecular flexibility index (Phi) is 2.70. The molecule has 0 aliphatic heterocycles. The Labute approximate surface area is 90.6 Å². The first-order valence-electron chi connectivity index (χ1n) is 5.54. The highest BCUT2D eigenvalue weighted by Gasteiger charge is 2.23. The van der Waals surface area contributed by atoms with Crippen LogP contribution >= 0.6 is 0 Å². The monoisotopic (exact) mass is 206 g/mol. The van der Waals surface area contributed by atoms with E-state index in [2.05, 4.69) is 6.08 Å². The van der Waals surface area contributed by atoms with Gasteiger partial charge in [0.25, 0.3) is 0 Å². The number of aliphatic hydroxyl groups excluding tert-OH is 1. The first-order chi connectivity index (χ1) is 7.11. The SMILES string of the molecule is Cc1oc(C)c(C(O)C2=CCCC2)c1C. The van der Waals surface area contributed by atoms with Crippen LogP contribution in [0.2, 0.25) is 0 Å². The summed E-state index contributed by atoms with van der Waals surface area (Å²) in [6, 6.07) is 0. The molecule has 1 aromatic heterocycles. The highest BCUT2D eigenvalue weighted by molar-refractivity contribution is 5.38. The van der Waals surface area contributed by atoms with Crippen LogP contribution in [0.1, 0.15) is 48.0 Å². The molecule has 0 saturated heterocycles. The summed E-state index contributed by atoms with van der Waals surface area (Å²) in [5.41, 5.74) is 3.22. The summed E-state index contributed by atoms with van der Waals surface area (Å²) < 4.78 is 5.54. The van der Waals surface area contributed by atoms with Gasteiger partial charge in [0.1, 0.15) is 17.6 Å². The number of hydrogen-bond acceptors (Lipinski definition) is 2. The van der Waals surface area contributed by atoms with Crippen molar-refractivity contribution in [2.24, 2.45) is 0 Å². The molecule has 1 unspecified atom stereocenters. The smallest absolute Gasteiger partial charge is 0.107 e. The molecule has 1 aromatic rings. The van der Waals surface area contributed by atoms with Gasteiger partial charge in [-0.1, -0.05) is 6.08 Å². The van der Waals surface area contributed by atoms with Gasteiger partial charge >= 0.3 is 0 Å². The van der Waals surface area contributed by atoms with Crippen molar-refractivity contribution in [1.29, 1.82) is 0 Å². The molecule has 15 heavy (non-hydrogen) atoms. The van der Waals surface area contributed by atoms with Crippen LogP contribution in [0.5, 0.6) is 0 Å². The van der Waals surface area contributed by atoms with Crippen LogP contribution in [-0.2, 0) is 0 Å². The molecule has 1 N–H and O–H groups in total. The molecule has 1 aliphatic carbocycles. The van der Waals surface area contributed by atoms with Crippen LogP contribution in [0, 0.1) is 20.8 Å². The van der Waals surface area contributed by atoms with E-state index in [9.17, 15) is 5.11 Å². The van der Waals surface area contributed by atoms with Crippen molar-refractivity contribution < 1.29 is 9.52 Å². The quantitative estimate of drug-likeness (QED) is 0.753. The Bertz CT molecular complexity index is 399. The van der Waals surface area contributed by atoms with E-state index in [4.69, 9.17) is 4.42 Å². The zero-order chi connectivity index (χ0) is 11.0. The van der Waals surface area contributed by atoms with E-state index in [-0.39, 0.29) is 0 Å². The van der Waals surface area contributed by atoms with Gasteiger partial charge in [0.15, 0.2) is 0 Å². The number of furan rings is 1. The summed E-state index contributed by atoms with van der Waals surface area (Å²) in [7, 11) is 0. The Morgan fingerprint density at radius 2 is 2.00 bits per heavy atom. The first-order valence-corrected chi connectivity index (χ1v) is 5.54. The molecule has 0 fully saturated rings. The van der Waals surface area contributed by atoms with Gasteiger partial charge in [0.05, 0.1) is 0 Å². The van der Waals surface area contributed by atoms with Crippen molar-refractivity contribution >= 4 is 0 Å². The van der Waals surface area contributed by atoms with E-state index in [1.54, 1.807) is 0 Å². The van der Waals surface area contributed by atoms with E-state index in [1.165, 1.54) is 6.42 Å². The van der Waals surface area contributed by atoms with E-state index in [0.29, 0.717) is 0 Å². The Morgan fingerprint density at radius 3 is 2.47 bits per heavy atom. The summed E-state index contributed by atoms with van der Waals surface area (Å²) in [5, 5.41) is 10.3. The predicted molar refractivity (Wildman–Crippen MR) is 59.8 cm³/mol. The lowest BCUT2D eigenvalue weighted by molar-refractivity contribution is 0.210. The molecule has 1 heterocycles. The van der Waals surface area contributed by atoms with Crippen LogP contribution in [0.15, 0.2) is 16.1 Å². The van der Waals surface area contributed by atoms with Gasteiger partial charge in [-0.15, -0.1) is 0 Å². The molecule has 0 spiro atoms. The van der Waals surface area contributed by atoms with E-state index in [1.807, 2.05) is 20.8 Å². The van der Waals surface area contributed by atoms with E-state index in [0.717, 1.165) is 41.1 Å². The molecule has 0 saturated carbocycles. The minimum atomic E-state index is -0.454. The van der Waals surface area contributed by atoms with Crippen LogP contribution in [0.4, 0.5) is 0 Å².